The molecule has 0 atom stereocenters. The van der Waals surface area contributed by atoms with E-state index in [2.05, 4.69) is 25.7 Å². The molecule has 1 amide bonds. The largest absolute Gasteiger partial charge is 0.378 e. The van der Waals surface area contributed by atoms with Crippen molar-refractivity contribution in [1.82, 2.24) is 10.2 Å². The van der Waals surface area contributed by atoms with Crippen molar-refractivity contribution in [2.24, 2.45) is 23.2 Å². The second-order valence-corrected chi connectivity index (χ2v) is 10.7. The van der Waals surface area contributed by atoms with Crippen LogP contribution in [0.4, 0.5) is 22.9 Å². The number of amides is 1. The molecule has 33 heavy (non-hydrogen) atoms. The minimum Gasteiger partial charge on any atom is -0.378 e. The molecule has 7 nitrogen and oxygen atoms in total. The van der Waals surface area contributed by atoms with Crippen LogP contribution in [-0.4, -0.2) is 42.4 Å². The molecular formula is C26H33N5O2. The van der Waals surface area contributed by atoms with E-state index >= 15 is 0 Å². The highest BCUT2D eigenvalue weighted by Crippen LogP contribution is 2.61. The number of carbonyl (C=O) groups excluding carboxylic acids is 1. The van der Waals surface area contributed by atoms with E-state index in [0.717, 1.165) is 61.1 Å². The van der Waals surface area contributed by atoms with E-state index in [0.29, 0.717) is 12.2 Å². The molecule has 0 unspecified atom stereocenters. The minimum absolute atomic E-state index is 0.168. The summed E-state index contributed by atoms with van der Waals surface area (Å²) in [7, 11) is 0. The van der Waals surface area contributed by atoms with Gasteiger partial charge < -0.3 is 20.3 Å². The molecule has 0 radical (unpaired) electrons. The zero-order valence-electron chi connectivity index (χ0n) is 19.1. The Morgan fingerprint density at radius 3 is 2.30 bits per heavy atom. The third kappa shape index (κ3) is 4.56. The van der Waals surface area contributed by atoms with E-state index in [-0.39, 0.29) is 11.3 Å². The van der Waals surface area contributed by atoms with Crippen LogP contribution in [0, 0.1) is 23.2 Å². The molecular weight excluding hydrogens is 414 g/mol. The summed E-state index contributed by atoms with van der Waals surface area (Å²) in [6.07, 6.45) is 10.5. The Bertz CT molecular complexity index is 967. The van der Waals surface area contributed by atoms with Crippen molar-refractivity contribution in [3.63, 3.8) is 0 Å². The van der Waals surface area contributed by atoms with Crippen LogP contribution in [0.1, 0.15) is 44.9 Å². The first kappa shape index (κ1) is 20.9. The van der Waals surface area contributed by atoms with Gasteiger partial charge in [-0.3, -0.25) is 4.79 Å². The second kappa shape index (κ2) is 8.60. The number of nitrogens with one attached hydrogen (secondary N) is 2. The summed E-state index contributed by atoms with van der Waals surface area (Å²) in [4.78, 5) is 15.2. The zero-order chi connectivity index (χ0) is 22.3. The van der Waals surface area contributed by atoms with E-state index in [1.807, 2.05) is 30.3 Å². The first-order valence-electron chi connectivity index (χ1n) is 12.4. The summed E-state index contributed by atoms with van der Waals surface area (Å²) >= 11 is 0. The average molecular weight is 448 g/mol. The molecule has 2 heterocycles. The van der Waals surface area contributed by atoms with E-state index in [1.165, 1.54) is 38.5 Å². The summed E-state index contributed by atoms with van der Waals surface area (Å²) in [6, 6.07) is 9.88. The van der Waals surface area contributed by atoms with Crippen molar-refractivity contribution < 1.29 is 9.53 Å². The van der Waals surface area contributed by atoms with E-state index in [9.17, 15) is 4.79 Å². The quantitative estimate of drug-likeness (QED) is 0.674. The number of hydrogen-bond acceptors (Lipinski definition) is 6. The number of aromatic nitrogens is 2. The van der Waals surface area contributed by atoms with Crippen LogP contribution in [-0.2, 0) is 9.53 Å². The summed E-state index contributed by atoms with van der Waals surface area (Å²) in [6.45, 7) is 3.20. The van der Waals surface area contributed by atoms with Crippen molar-refractivity contribution in [2.75, 3.05) is 41.8 Å². The molecule has 0 spiro atoms. The highest BCUT2D eigenvalue weighted by atomic mass is 16.5. The lowest BCUT2D eigenvalue weighted by Crippen LogP contribution is -2.47. The lowest BCUT2D eigenvalue weighted by atomic mass is 9.49. The SMILES string of the molecule is O=C(CC12CC3CC(CC(C3)C1)C2)Nc1ccc(Nc2cc(N3CCOCC3)cnn2)cc1. The molecule has 4 aliphatic carbocycles. The standard InChI is InChI=1S/C26H33N5O2/c32-25(16-26-13-18-9-19(14-26)11-20(10-18)15-26)29-22-3-1-21(2-4-22)28-24-12-23(17-27-30-24)31-5-7-33-8-6-31/h1-4,12,17-20H,5-11,13-16H2,(H,28,30)(H,29,32). The number of rotatable bonds is 6. The third-order valence-corrected chi connectivity index (χ3v) is 8.16. The molecule has 4 saturated carbocycles. The number of hydrogen-bond donors (Lipinski definition) is 2. The van der Waals surface area contributed by atoms with Gasteiger partial charge in [0.25, 0.3) is 0 Å². The van der Waals surface area contributed by atoms with Gasteiger partial charge in [0.05, 0.1) is 25.1 Å². The molecule has 1 saturated heterocycles. The minimum atomic E-state index is 0.168. The zero-order valence-corrected chi connectivity index (χ0v) is 19.1. The maximum Gasteiger partial charge on any atom is 0.224 e. The lowest BCUT2D eigenvalue weighted by molar-refractivity contribution is -0.124. The van der Waals surface area contributed by atoms with Crippen LogP contribution in [0.25, 0.3) is 0 Å². The number of anilines is 4. The van der Waals surface area contributed by atoms with Gasteiger partial charge in [-0.1, -0.05) is 0 Å². The van der Waals surface area contributed by atoms with Gasteiger partial charge in [-0.25, -0.2) is 0 Å². The topological polar surface area (TPSA) is 79.4 Å². The van der Waals surface area contributed by atoms with Gasteiger partial charge in [0.1, 0.15) is 0 Å². The third-order valence-electron chi connectivity index (χ3n) is 8.16. The average Bonchev–Trinajstić information content (AvgIpc) is 2.80. The fourth-order valence-electron chi connectivity index (χ4n) is 7.25. The Hall–Kier alpha value is -2.67. The summed E-state index contributed by atoms with van der Waals surface area (Å²) in [5.74, 6) is 3.50. The van der Waals surface area contributed by atoms with Gasteiger partial charge in [0.15, 0.2) is 5.82 Å². The molecule has 174 valence electrons. The van der Waals surface area contributed by atoms with Crippen LogP contribution in [0.15, 0.2) is 36.5 Å². The van der Waals surface area contributed by atoms with Crippen molar-refractivity contribution in [3.8, 4) is 0 Å². The van der Waals surface area contributed by atoms with Crippen LogP contribution in [0.5, 0.6) is 0 Å². The Kier molecular flexibility index (Phi) is 5.45. The number of benzene rings is 1. The van der Waals surface area contributed by atoms with Crippen molar-refractivity contribution in [2.45, 2.75) is 44.9 Å². The molecule has 1 aromatic carbocycles. The predicted octanol–water partition coefficient (Wildman–Crippen LogP) is 4.60. The number of ether oxygens (including phenoxy) is 1. The first-order valence-corrected chi connectivity index (χ1v) is 12.4. The Labute approximate surface area is 195 Å². The van der Waals surface area contributed by atoms with Crippen LogP contribution < -0.4 is 15.5 Å². The van der Waals surface area contributed by atoms with Gasteiger partial charge in [-0.2, -0.15) is 5.10 Å². The normalized spacial score (nSPS) is 30.3. The Morgan fingerprint density at radius 1 is 1.00 bits per heavy atom. The molecule has 1 aliphatic heterocycles. The summed E-state index contributed by atoms with van der Waals surface area (Å²) in [5, 5.41) is 14.8. The fraction of sp³-hybridized carbons (Fsp3) is 0.577. The van der Waals surface area contributed by atoms with Crippen molar-refractivity contribution in [1.29, 1.82) is 0 Å². The summed E-state index contributed by atoms with van der Waals surface area (Å²) < 4.78 is 5.43. The van der Waals surface area contributed by atoms with E-state index in [1.54, 1.807) is 6.20 Å². The number of carbonyl (C=O) groups is 1. The van der Waals surface area contributed by atoms with Gasteiger partial charge in [-0.15, -0.1) is 5.10 Å². The molecule has 2 aromatic rings. The van der Waals surface area contributed by atoms with Crippen LogP contribution in [0.2, 0.25) is 0 Å². The molecule has 4 bridgehead atoms. The summed E-state index contributed by atoms with van der Waals surface area (Å²) in [5.41, 5.74) is 3.08. The van der Waals surface area contributed by atoms with Crippen molar-refractivity contribution >= 4 is 28.8 Å². The monoisotopic (exact) mass is 447 g/mol. The molecule has 2 N–H and O–H groups in total. The predicted molar refractivity (Wildman–Crippen MR) is 129 cm³/mol. The molecule has 7 rings (SSSR count). The molecule has 5 aliphatic rings. The lowest BCUT2D eigenvalue weighted by Gasteiger charge is -2.56. The maximum absolute atomic E-state index is 12.9. The fourth-order valence-corrected chi connectivity index (χ4v) is 7.25. The Morgan fingerprint density at radius 2 is 1.64 bits per heavy atom. The maximum atomic E-state index is 12.9. The Balaban J connectivity index is 1.06. The van der Waals surface area contributed by atoms with Crippen LogP contribution in [0.3, 0.4) is 0 Å². The number of nitrogens with zero attached hydrogens (tertiary/aromatic N) is 3. The first-order chi connectivity index (χ1) is 16.1. The van der Waals surface area contributed by atoms with Crippen molar-refractivity contribution in [3.05, 3.63) is 36.5 Å². The highest BCUT2D eigenvalue weighted by molar-refractivity contribution is 5.91. The van der Waals surface area contributed by atoms with E-state index in [4.69, 9.17) is 4.74 Å². The highest BCUT2D eigenvalue weighted by Gasteiger charge is 2.51. The van der Waals surface area contributed by atoms with Gasteiger partial charge >= 0.3 is 0 Å². The number of morpholine rings is 1. The molecule has 5 fully saturated rings. The molecule has 7 heteroatoms. The second-order valence-electron chi connectivity index (χ2n) is 10.7. The van der Waals surface area contributed by atoms with Crippen LogP contribution >= 0.6 is 0 Å². The van der Waals surface area contributed by atoms with E-state index < -0.39 is 0 Å². The van der Waals surface area contributed by atoms with Gasteiger partial charge in [-0.05, 0) is 86.0 Å². The van der Waals surface area contributed by atoms with Gasteiger partial charge in [0.2, 0.25) is 5.91 Å². The molecule has 1 aromatic heterocycles. The smallest absolute Gasteiger partial charge is 0.224 e. The van der Waals surface area contributed by atoms with Gasteiger partial charge in [0, 0.05) is 37.0 Å².